The average molecular weight is 257 g/mol. The largest absolute Gasteiger partial charge is 0.383 e. The quantitative estimate of drug-likeness (QED) is 0.723. The van der Waals surface area contributed by atoms with Gasteiger partial charge < -0.3 is 15.0 Å². The zero-order valence-corrected chi connectivity index (χ0v) is 12.1. The molecule has 0 aliphatic heterocycles. The Balaban J connectivity index is 2.49. The van der Waals surface area contributed by atoms with Crippen LogP contribution in [0.1, 0.15) is 23.9 Å². The lowest BCUT2D eigenvalue weighted by Gasteiger charge is -2.13. The van der Waals surface area contributed by atoms with E-state index in [1.165, 1.54) is 4.88 Å². The summed E-state index contributed by atoms with van der Waals surface area (Å²) in [6.45, 7) is 7.84. The minimum atomic E-state index is 0.750. The van der Waals surface area contributed by atoms with Gasteiger partial charge in [0.1, 0.15) is 0 Å². The Morgan fingerprint density at radius 2 is 2.24 bits per heavy atom. The summed E-state index contributed by atoms with van der Waals surface area (Å²) in [5, 5.41) is 4.47. The molecule has 17 heavy (non-hydrogen) atoms. The van der Waals surface area contributed by atoms with Gasteiger partial charge in [0.15, 0.2) is 5.13 Å². The summed E-state index contributed by atoms with van der Waals surface area (Å²) in [5.74, 6) is 0. The third-order valence-corrected chi connectivity index (χ3v) is 3.81. The molecule has 0 aromatic carbocycles. The lowest BCUT2D eigenvalue weighted by Crippen LogP contribution is -2.18. The second-order valence-corrected chi connectivity index (χ2v) is 5.16. The van der Waals surface area contributed by atoms with Gasteiger partial charge in [-0.2, -0.15) is 0 Å². The summed E-state index contributed by atoms with van der Waals surface area (Å²) in [6, 6.07) is 0. The molecule has 0 fully saturated rings. The molecule has 1 aromatic heterocycles. The number of rotatable bonds is 8. The molecule has 0 aliphatic carbocycles. The zero-order chi connectivity index (χ0) is 12.7. The number of hydrogen-bond donors (Lipinski definition) is 1. The monoisotopic (exact) mass is 257 g/mol. The molecule has 5 heteroatoms. The van der Waals surface area contributed by atoms with Gasteiger partial charge in [-0.3, -0.25) is 0 Å². The number of hydrogen-bond acceptors (Lipinski definition) is 5. The maximum Gasteiger partial charge on any atom is 0.185 e. The van der Waals surface area contributed by atoms with Gasteiger partial charge in [-0.15, -0.1) is 11.3 Å². The number of nitrogens with one attached hydrogen (secondary N) is 1. The standard InChI is InChI=1S/C12H23N3OS/c1-5-7-15(3)12-14-10(2)11(17-12)9-13-6-8-16-4/h13H,5-9H2,1-4H3. The molecule has 1 N–H and O–H groups in total. The van der Waals surface area contributed by atoms with Crippen molar-refractivity contribution in [2.75, 3.05) is 38.8 Å². The molecule has 1 heterocycles. The van der Waals surface area contributed by atoms with E-state index in [0.29, 0.717) is 0 Å². The van der Waals surface area contributed by atoms with Crippen molar-refractivity contribution in [2.45, 2.75) is 26.8 Å². The Kier molecular flexibility index (Phi) is 6.47. The second-order valence-electron chi connectivity index (χ2n) is 4.10. The van der Waals surface area contributed by atoms with Crippen molar-refractivity contribution in [2.24, 2.45) is 0 Å². The van der Waals surface area contributed by atoms with Crippen LogP contribution in [0.5, 0.6) is 0 Å². The second kappa shape index (κ2) is 7.63. The van der Waals surface area contributed by atoms with E-state index < -0.39 is 0 Å². The molecule has 0 saturated carbocycles. The molecular weight excluding hydrogens is 234 g/mol. The third kappa shape index (κ3) is 4.61. The topological polar surface area (TPSA) is 37.4 Å². The number of ether oxygens (including phenoxy) is 1. The highest BCUT2D eigenvalue weighted by molar-refractivity contribution is 7.15. The van der Waals surface area contributed by atoms with Gasteiger partial charge in [-0.25, -0.2) is 4.98 Å². The number of aryl methyl sites for hydroxylation is 1. The summed E-state index contributed by atoms with van der Waals surface area (Å²) in [4.78, 5) is 8.14. The minimum Gasteiger partial charge on any atom is -0.383 e. The average Bonchev–Trinajstić information content (AvgIpc) is 2.67. The van der Waals surface area contributed by atoms with Crippen molar-refractivity contribution < 1.29 is 4.74 Å². The van der Waals surface area contributed by atoms with Crippen molar-refractivity contribution in [1.29, 1.82) is 0 Å². The van der Waals surface area contributed by atoms with Gasteiger partial charge >= 0.3 is 0 Å². The first kappa shape index (κ1) is 14.4. The van der Waals surface area contributed by atoms with Crippen LogP contribution in [-0.4, -0.2) is 38.8 Å². The van der Waals surface area contributed by atoms with Crippen molar-refractivity contribution >= 4 is 16.5 Å². The normalized spacial score (nSPS) is 10.8. The summed E-state index contributed by atoms with van der Waals surface area (Å²) >= 11 is 1.78. The van der Waals surface area contributed by atoms with E-state index in [1.54, 1.807) is 18.4 Å². The number of methoxy groups -OCH3 is 1. The van der Waals surface area contributed by atoms with Gasteiger partial charge in [-0.1, -0.05) is 6.92 Å². The highest BCUT2D eigenvalue weighted by atomic mass is 32.1. The van der Waals surface area contributed by atoms with E-state index >= 15 is 0 Å². The SMILES string of the molecule is CCCN(C)c1nc(C)c(CNCCOC)s1. The molecule has 0 aliphatic rings. The fourth-order valence-corrected chi connectivity index (χ4v) is 2.56. The number of nitrogens with zero attached hydrogens (tertiary/aromatic N) is 2. The van der Waals surface area contributed by atoms with Crippen LogP contribution in [0.2, 0.25) is 0 Å². The molecule has 98 valence electrons. The molecule has 0 bridgehead atoms. The van der Waals surface area contributed by atoms with E-state index in [9.17, 15) is 0 Å². The van der Waals surface area contributed by atoms with Gasteiger partial charge in [0.2, 0.25) is 0 Å². The molecule has 0 radical (unpaired) electrons. The molecule has 1 aromatic rings. The lowest BCUT2D eigenvalue weighted by molar-refractivity contribution is 0.199. The van der Waals surface area contributed by atoms with Crippen molar-refractivity contribution in [1.82, 2.24) is 10.3 Å². The van der Waals surface area contributed by atoms with E-state index in [2.05, 4.69) is 36.1 Å². The Morgan fingerprint density at radius 1 is 1.47 bits per heavy atom. The van der Waals surface area contributed by atoms with Crippen LogP contribution >= 0.6 is 11.3 Å². The van der Waals surface area contributed by atoms with Crippen LogP contribution < -0.4 is 10.2 Å². The molecule has 0 unspecified atom stereocenters. The smallest absolute Gasteiger partial charge is 0.185 e. The Morgan fingerprint density at radius 3 is 2.88 bits per heavy atom. The fraction of sp³-hybridized carbons (Fsp3) is 0.750. The lowest BCUT2D eigenvalue weighted by atomic mass is 10.4. The maximum atomic E-state index is 5.00. The Hall–Kier alpha value is -0.650. The highest BCUT2D eigenvalue weighted by Crippen LogP contribution is 2.25. The van der Waals surface area contributed by atoms with Crippen LogP contribution in [-0.2, 0) is 11.3 Å². The molecule has 1 rings (SSSR count). The van der Waals surface area contributed by atoms with Crippen molar-refractivity contribution in [3.8, 4) is 0 Å². The van der Waals surface area contributed by atoms with E-state index in [-0.39, 0.29) is 0 Å². The van der Waals surface area contributed by atoms with E-state index in [1.807, 2.05) is 0 Å². The maximum absolute atomic E-state index is 5.00. The first-order valence-corrected chi connectivity index (χ1v) is 6.87. The molecule has 0 amide bonds. The van der Waals surface area contributed by atoms with E-state index in [4.69, 9.17) is 4.74 Å². The predicted octanol–water partition coefficient (Wildman–Crippen LogP) is 2.03. The Labute approximate surface area is 108 Å². The molecular formula is C12H23N3OS. The third-order valence-electron chi connectivity index (χ3n) is 2.54. The van der Waals surface area contributed by atoms with Crippen molar-refractivity contribution in [3.63, 3.8) is 0 Å². The Bertz CT molecular complexity index is 328. The molecule has 4 nitrogen and oxygen atoms in total. The van der Waals surface area contributed by atoms with E-state index in [0.717, 1.165) is 43.5 Å². The van der Waals surface area contributed by atoms with Crippen LogP contribution in [0.3, 0.4) is 0 Å². The predicted molar refractivity (Wildman–Crippen MR) is 74.0 cm³/mol. The number of thiazole rings is 1. The minimum absolute atomic E-state index is 0.750. The zero-order valence-electron chi connectivity index (χ0n) is 11.2. The van der Waals surface area contributed by atoms with Gasteiger partial charge in [-0.05, 0) is 13.3 Å². The van der Waals surface area contributed by atoms with Crippen molar-refractivity contribution in [3.05, 3.63) is 10.6 Å². The first-order valence-electron chi connectivity index (χ1n) is 6.06. The first-order chi connectivity index (χ1) is 8.19. The fourth-order valence-electron chi connectivity index (χ4n) is 1.55. The molecule has 0 atom stereocenters. The summed E-state index contributed by atoms with van der Waals surface area (Å²) < 4.78 is 5.00. The number of aromatic nitrogens is 1. The number of anilines is 1. The molecule has 0 saturated heterocycles. The van der Waals surface area contributed by atoms with Crippen LogP contribution in [0.4, 0.5) is 5.13 Å². The summed E-state index contributed by atoms with van der Waals surface area (Å²) in [6.07, 6.45) is 1.15. The van der Waals surface area contributed by atoms with Crippen LogP contribution in [0.15, 0.2) is 0 Å². The van der Waals surface area contributed by atoms with Gasteiger partial charge in [0, 0.05) is 38.7 Å². The van der Waals surface area contributed by atoms with Crippen LogP contribution in [0.25, 0.3) is 0 Å². The van der Waals surface area contributed by atoms with Gasteiger partial charge in [0.25, 0.3) is 0 Å². The summed E-state index contributed by atoms with van der Waals surface area (Å²) in [7, 11) is 3.82. The summed E-state index contributed by atoms with van der Waals surface area (Å²) in [5.41, 5.74) is 1.14. The molecule has 0 spiro atoms. The van der Waals surface area contributed by atoms with Gasteiger partial charge in [0.05, 0.1) is 12.3 Å². The van der Waals surface area contributed by atoms with Crippen LogP contribution in [0, 0.1) is 6.92 Å². The highest BCUT2D eigenvalue weighted by Gasteiger charge is 2.10.